The highest BCUT2D eigenvalue weighted by Gasteiger charge is 2.37. The molecular formula is C28H25ClN6O7S2. The van der Waals surface area contributed by atoms with Gasteiger partial charge >= 0.3 is 15.9 Å². The van der Waals surface area contributed by atoms with Crippen LogP contribution in [0.15, 0.2) is 64.2 Å². The van der Waals surface area contributed by atoms with Crippen molar-refractivity contribution >= 4 is 70.9 Å². The number of hydrogen-bond acceptors (Lipinski definition) is 7. The van der Waals surface area contributed by atoms with E-state index < -0.39 is 37.4 Å². The lowest BCUT2D eigenvalue weighted by molar-refractivity contribution is 0.0974. The number of para-hydroxylation sites is 1. The van der Waals surface area contributed by atoms with Gasteiger partial charge in [-0.25, -0.2) is 22.2 Å². The molecule has 1 aliphatic rings. The van der Waals surface area contributed by atoms with Gasteiger partial charge in [-0.1, -0.05) is 42.8 Å². The lowest BCUT2D eigenvalue weighted by atomic mass is 10.1. The molecule has 0 saturated carbocycles. The molecule has 5 aromatic rings. The Balaban J connectivity index is 1.66. The van der Waals surface area contributed by atoms with Crippen LogP contribution in [0.5, 0.6) is 0 Å². The predicted octanol–water partition coefficient (Wildman–Crippen LogP) is 2.80. The molecule has 3 aromatic carbocycles. The molecule has 2 aromatic heterocycles. The second-order valence-electron chi connectivity index (χ2n) is 10.4. The van der Waals surface area contributed by atoms with Crippen LogP contribution in [0.3, 0.4) is 0 Å². The van der Waals surface area contributed by atoms with Crippen LogP contribution in [0.1, 0.15) is 34.1 Å². The van der Waals surface area contributed by atoms with Crippen LogP contribution >= 0.6 is 11.6 Å². The molecule has 44 heavy (non-hydrogen) atoms. The van der Waals surface area contributed by atoms with Gasteiger partial charge in [-0.05, 0) is 53.4 Å². The molecule has 3 heterocycles. The molecule has 4 N–H and O–H groups in total. The Labute approximate surface area is 255 Å². The predicted molar refractivity (Wildman–Crippen MR) is 168 cm³/mol. The van der Waals surface area contributed by atoms with Gasteiger partial charge in [0, 0.05) is 17.0 Å². The van der Waals surface area contributed by atoms with E-state index in [9.17, 15) is 31.2 Å². The molecule has 0 fully saturated rings. The molecule has 1 amide bonds. The van der Waals surface area contributed by atoms with E-state index in [1.54, 1.807) is 36.4 Å². The largest absolute Gasteiger partial charge is 0.330 e. The van der Waals surface area contributed by atoms with Gasteiger partial charge in [0.15, 0.2) is 0 Å². The van der Waals surface area contributed by atoms with Crippen LogP contribution in [0, 0.1) is 0 Å². The summed E-state index contributed by atoms with van der Waals surface area (Å²) < 4.78 is 59.0. The maximum absolute atomic E-state index is 13.8. The summed E-state index contributed by atoms with van der Waals surface area (Å²) in [5, 5.41) is 0.644. The zero-order valence-corrected chi connectivity index (χ0v) is 25.7. The van der Waals surface area contributed by atoms with Gasteiger partial charge in [0.1, 0.15) is 5.69 Å². The van der Waals surface area contributed by atoms with Gasteiger partial charge in [0.2, 0.25) is 10.0 Å². The standard InChI is InChI=1S/C28H25ClN6O7S2/c1-3-15-8-9-23-19(10-15)24(35-14-16-6-4-5-7-21(16)32-44(35,41)42)25(27(37)33-43(2,39)40)34(23)13-17-11-18-22(12-20(17)29)30-28(38)31-26(18)36/h4-12,32H,3,13-14H2,1-2H3,(H,33,37)(H2,30,31,36,38). The monoisotopic (exact) mass is 656 g/mol. The Bertz CT molecular complexity index is 2360. The van der Waals surface area contributed by atoms with E-state index in [1.165, 1.54) is 16.7 Å². The molecule has 1 aliphatic heterocycles. The van der Waals surface area contributed by atoms with Crippen molar-refractivity contribution in [1.82, 2.24) is 19.3 Å². The van der Waals surface area contributed by atoms with Gasteiger partial charge in [0.25, 0.3) is 11.5 Å². The number of nitrogens with one attached hydrogen (secondary N) is 4. The number of sulfonamides is 1. The number of amides is 1. The molecule has 0 unspecified atom stereocenters. The van der Waals surface area contributed by atoms with E-state index in [4.69, 9.17) is 11.6 Å². The number of hydrogen-bond donors (Lipinski definition) is 4. The molecule has 228 valence electrons. The minimum absolute atomic E-state index is 0.0301. The Morgan fingerprint density at radius 1 is 1.05 bits per heavy atom. The average Bonchev–Trinajstić information content (AvgIpc) is 3.24. The molecule has 13 nitrogen and oxygen atoms in total. The van der Waals surface area contributed by atoms with Crippen molar-refractivity contribution in [2.75, 3.05) is 15.3 Å². The van der Waals surface area contributed by atoms with E-state index in [0.717, 1.165) is 16.1 Å². The molecule has 0 aliphatic carbocycles. The van der Waals surface area contributed by atoms with Gasteiger partial charge in [-0.2, -0.15) is 8.42 Å². The van der Waals surface area contributed by atoms with Crippen molar-refractivity contribution in [3.05, 3.63) is 103 Å². The highest BCUT2D eigenvalue weighted by Crippen LogP contribution is 2.41. The van der Waals surface area contributed by atoms with Crippen molar-refractivity contribution in [3.8, 4) is 0 Å². The smallest absolute Gasteiger partial charge is 0.326 e. The topological polar surface area (TPSA) is 183 Å². The number of aryl methyl sites for hydroxylation is 1. The van der Waals surface area contributed by atoms with Crippen LogP contribution in [-0.2, 0) is 39.7 Å². The van der Waals surface area contributed by atoms with Crippen molar-refractivity contribution in [2.45, 2.75) is 26.4 Å². The first-order chi connectivity index (χ1) is 20.8. The second kappa shape index (κ2) is 10.5. The van der Waals surface area contributed by atoms with E-state index in [0.29, 0.717) is 34.1 Å². The summed E-state index contributed by atoms with van der Waals surface area (Å²) in [6.07, 6.45) is 1.41. The number of anilines is 2. The Kier molecular flexibility index (Phi) is 7.06. The lowest BCUT2D eigenvalue weighted by Gasteiger charge is -2.31. The third-order valence-corrected chi connectivity index (χ3v) is 9.63. The number of carbonyl (C=O) groups is 1. The molecule has 16 heteroatoms. The highest BCUT2D eigenvalue weighted by atomic mass is 35.5. The Morgan fingerprint density at radius 3 is 2.52 bits per heavy atom. The quantitative estimate of drug-likeness (QED) is 0.217. The zero-order chi connectivity index (χ0) is 31.6. The second-order valence-corrected chi connectivity index (χ2v) is 14.1. The normalized spacial score (nSPS) is 14.4. The van der Waals surface area contributed by atoms with E-state index in [2.05, 4.69) is 14.7 Å². The third-order valence-electron chi connectivity index (χ3n) is 7.35. The van der Waals surface area contributed by atoms with E-state index in [1.807, 2.05) is 17.7 Å². The maximum atomic E-state index is 13.8. The van der Waals surface area contributed by atoms with Crippen LogP contribution in [0.2, 0.25) is 5.02 Å². The van der Waals surface area contributed by atoms with Crippen molar-refractivity contribution in [3.63, 3.8) is 0 Å². The average molecular weight is 657 g/mol. The molecule has 0 bridgehead atoms. The van der Waals surface area contributed by atoms with Crippen molar-refractivity contribution in [1.29, 1.82) is 0 Å². The number of H-pyrrole nitrogens is 2. The van der Waals surface area contributed by atoms with Gasteiger partial charge in [0.05, 0.1) is 40.6 Å². The van der Waals surface area contributed by atoms with Crippen molar-refractivity contribution < 1.29 is 21.6 Å². The van der Waals surface area contributed by atoms with Gasteiger partial charge in [-0.3, -0.25) is 19.3 Å². The molecule has 0 saturated heterocycles. The summed E-state index contributed by atoms with van der Waals surface area (Å²) in [4.78, 5) is 42.9. The number of aromatic nitrogens is 3. The summed E-state index contributed by atoms with van der Waals surface area (Å²) in [7, 11) is -8.36. The summed E-state index contributed by atoms with van der Waals surface area (Å²) >= 11 is 6.59. The number of fused-ring (bicyclic) bond motifs is 3. The molecule has 0 atom stereocenters. The fraction of sp³-hybridized carbons (Fsp3) is 0.179. The van der Waals surface area contributed by atoms with Gasteiger partial charge < -0.3 is 9.55 Å². The number of rotatable bonds is 6. The zero-order valence-electron chi connectivity index (χ0n) is 23.3. The van der Waals surface area contributed by atoms with Crippen LogP contribution in [0.4, 0.5) is 11.4 Å². The van der Waals surface area contributed by atoms with Crippen LogP contribution in [-0.4, -0.2) is 43.5 Å². The minimum atomic E-state index is -4.27. The lowest BCUT2D eigenvalue weighted by Crippen LogP contribution is -2.41. The number of halogens is 1. The van der Waals surface area contributed by atoms with E-state index in [-0.39, 0.29) is 40.4 Å². The number of benzene rings is 3. The molecule has 0 radical (unpaired) electrons. The number of nitrogens with zero attached hydrogens (tertiary/aromatic N) is 2. The Morgan fingerprint density at radius 2 is 1.80 bits per heavy atom. The third kappa shape index (κ3) is 5.22. The highest BCUT2D eigenvalue weighted by molar-refractivity contribution is 7.94. The fourth-order valence-corrected chi connectivity index (χ4v) is 7.36. The maximum Gasteiger partial charge on any atom is 0.326 e. The fourth-order valence-electron chi connectivity index (χ4n) is 5.38. The van der Waals surface area contributed by atoms with Gasteiger partial charge in [-0.15, -0.1) is 0 Å². The SMILES string of the molecule is CCc1ccc2c(c1)c(N1Cc3ccccc3NS1(=O)=O)c(C(=O)NS(C)(=O)=O)n2Cc1cc2c(=O)[nH]c(=O)[nH]c2cc1Cl. The number of aromatic amines is 2. The first-order valence-electron chi connectivity index (χ1n) is 13.3. The Hall–Kier alpha value is -4.60. The summed E-state index contributed by atoms with van der Waals surface area (Å²) in [5.74, 6) is -1.06. The number of carbonyl (C=O) groups excluding carboxylic acids is 1. The minimum Gasteiger partial charge on any atom is -0.330 e. The van der Waals surface area contributed by atoms with Crippen LogP contribution in [0.25, 0.3) is 21.8 Å². The molecule has 6 rings (SSSR count). The summed E-state index contributed by atoms with van der Waals surface area (Å²) in [6.45, 7) is 1.61. The first kappa shape index (κ1) is 29.5. The van der Waals surface area contributed by atoms with Crippen molar-refractivity contribution in [2.24, 2.45) is 0 Å². The summed E-state index contributed by atoms with van der Waals surface area (Å²) in [6, 6.07) is 14.9. The van der Waals surface area contributed by atoms with Crippen LogP contribution < -0.4 is 25.0 Å². The van der Waals surface area contributed by atoms with E-state index >= 15 is 0 Å². The molecule has 0 spiro atoms. The molecular weight excluding hydrogens is 632 g/mol. The summed E-state index contributed by atoms with van der Waals surface area (Å²) in [5.41, 5.74) is 1.15. The first-order valence-corrected chi connectivity index (χ1v) is 17.0.